The second-order valence-corrected chi connectivity index (χ2v) is 6.37. The zero-order valence-electron chi connectivity index (χ0n) is 14.6. The van der Waals surface area contributed by atoms with Crippen LogP contribution in [0.4, 0.5) is 0 Å². The minimum atomic E-state index is 0.148. The van der Waals surface area contributed by atoms with E-state index >= 15 is 0 Å². The summed E-state index contributed by atoms with van der Waals surface area (Å²) in [4.78, 5) is 17.0. The third kappa shape index (κ3) is 5.33. The molecule has 0 N–H and O–H groups in total. The van der Waals surface area contributed by atoms with Gasteiger partial charge in [0.15, 0.2) is 0 Å². The van der Waals surface area contributed by atoms with Crippen LogP contribution >= 0.6 is 0 Å². The lowest BCUT2D eigenvalue weighted by Gasteiger charge is -2.22. The van der Waals surface area contributed by atoms with Gasteiger partial charge in [0, 0.05) is 31.7 Å². The summed E-state index contributed by atoms with van der Waals surface area (Å²) in [5, 5.41) is 0. The Bertz CT molecular complexity index is 645. The van der Waals surface area contributed by atoms with E-state index in [0.29, 0.717) is 0 Å². The Morgan fingerprint density at radius 2 is 1.60 bits per heavy atom. The molecule has 3 rings (SSSR count). The largest absolute Gasteiger partial charge is 0.494 e. The molecule has 0 aromatic heterocycles. The van der Waals surface area contributed by atoms with Gasteiger partial charge in [0.1, 0.15) is 5.75 Å². The van der Waals surface area contributed by atoms with E-state index in [9.17, 15) is 4.79 Å². The smallest absolute Gasteiger partial charge is 0.253 e. The van der Waals surface area contributed by atoms with Crippen molar-refractivity contribution in [2.75, 3.05) is 39.3 Å². The maximum absolute atomic E-state index is 12.6. The van der Waals surface area contributed by atoms with Crippen LogP contribution in [-0.4, -0.2) is 55.0 Å². The Balaban J connectivity index is 1.40. The summed E-state index contributed by atoms with van der Waals surface area (Å²) in [5.74, 6) is 1.08. The number of benzene rings is 2. The van der Waals surface area contributed by atoms with Crippen LogP contribution in [0.25, 0.3) is 0 Å². The van der Waals surface area contributed by atoms with Crippen LogP contribution in [0.5, 0.6) is 5.75 Å². The number of rotatable bonds is 6. The Morgan fingerprint density at radius 1 is 0.880 bits per heavy atom. The van der Waals surface area contributed by atoms with Crippen LogP contribution in [0.15, 0.2) is 60.7 Å². The SMILES string of the molecule is O=C(c1ccccc1)N1CCCN(CCCOc2ccccc2)CC1. The zero-order valence-corrected chi connectivity index (χ0v) is 14.6. The Kier molecular flexibility index (Phi) is 6.46. The molecule has 1 heterocycles. The number of hydrogen-bond acceptors (Lipinski definition) is 3. The molecule has 1 saturated heterocycles. The fourth-order valence-corrected chi connectivity index (χ4v) is 3.16. The number of ether oxygens (including phenoxy) is 1. The molecule has 2 aromatic rings. The second-order valence-electron chi connectivity index (χ2n) is 6.37. The maximum Gasteiger partial charge on any atom is 0.253 e. The van der Waals surface area contributed by atoms with Crippen molar-refractivity contribution in [3.05, 3.63) is 66.2 Å². The van der Waals surface area contributed by atoms with E-state index < -0.39 is 0 Å². The summed E-state index contributed by atoms with van der Waals surface area (Å²) < 4.78 is 5.75. The Morgan fingerprint density at radius 3 is 2.36 bits per heavy atom. The van der Waals surface area contributed by atoms with Crippen LogP contribution in [-0.2, 0) is 0 Å². The molecule has 2 aromatic carbocycles. The lowest BCUT2D eigenvalue weighted by atomic mass is 10.2. The van der Waals surface area contributed by atoms with E-state index in [2.05, 4.69) is 4.90 Å². The first-order valence-corrected chi connectivity index (χ1v) is 9.07. The molecule has 1 amide bonds. The number of hydrogen-bond donors (Lipinski definition) is 0. The summed E-state index contributed by atoms with van der Waals surface area (Å²) in [6.45, 7) is 5.36. The number of amides is 1. The van der Waals surface area contributed by atoms with Gasteiger partial charge in [-0.25, -0.2) is 0 Å². The lowest BCUT2D eigenvalue weighted by molar-refractivity contribution is 0.0761. The monoisotopic (exact) mass is 338 g/mol. The van der Waals surface area contributed by atoms with Crippen LogP contribution < -0.4 is 4.74 Å². The first-order valence-electron chi connectivity index (χ1n) is 9.07. The van der Waals surface area contributed by atoms with Gasteiger partial charge < -0.3 is 14.5 Å². The summed E-state index contributed by atoms with van der Waals surface area (Å²) in [6, 6.07) is 19.5. The molecule has 25 heavy (non-hydrogen) atoms. The van der Waals surface area contributed by atoms with Crippen LogP contribution in [0.2, 0.25) is 0 Å². The van der Waals surface area contributed by atoms with Gasteiger partial charge in [-0.2, -0.15) is 0 Å². The van der Waals surface area contributed by atoms with Crippen molar-refractivity contribution in [1.82, 2.24) is 9.80 Å². The highest BCUT2D eigenvalue weighted by Crippen LogP contribution is 2.11. The van der Waals surface area contributed by atoms with Gasteiger partial charge >= 0.3 is 0 Å². The molecule has 0 atom stereocenters. The molecule has 0 saturated carbocycles. The number of carbonyl (C=O) groups is 1. The normalized spacial score (nSPS) is 15.6. The highest BCUT2D eigenvalue weighted by Gasteiger charge is 2.19. The van der Waals surface area contributed by atoms with Crippen molar-refractivity contribution in [1.29, 1.82) is 0 Å². The van der Waals surface area contributed by atoms with E-state index in [-0.39, 0.29) is 5.91 Å². The molecule has 0 radical (unpaired) electrons. The summed E-state index contributed by atoms with van der Waals surface area (Å²) in [5.41, 5.74) is 0.784. The fraction of sp³-hybridized carbons (Fsp3) is 0.381. The molecule has 0 unspecified atom stereocenters. The molecular formula is C21H26N2O2. The summed E-state index contributed by atoms with van der Waals surface area (Å²) in [6.07, 6.45) is 2.03. The van der Waals surface area contributed by atoms with E-state index in [1.54, 1.807) is 0 Å². The third-order valence-electron chi connectivity index (χ3n) is 4.53. The Hall–Kier alpha value is -2.33. The van der Waals surface area contributed by atoms with Crippen LogP contribution in [0.1, 0.15) is 23.2 Å². The van der Waals surface area contributed by atoms with Gasteiger partial charge in [-0.1, -0.05) is 36.4 Å². The molecule has 4 nitrogen and oxygen atoms in total. The first kappa shape index (κ1) is 17.5. The standard InChI is InChI=1S/C21H26N2O2/c24-21(19-9-3-1-4-10-19)23-15-7-13-22(16-17-23)14-8-18-25-20-11-5-2-6-12-20/h1-6,9-12H,7-8,13-18H2. The van der Waals surface area contributed by atoms with Gasteiger partial charge in [0.2, 0.25) is 0 Å². The molecule has 1 aliphatic rings. The van der Waals surface area contributed by atoms with Crippen LogP contribution in [0, 0.1) is 0 Å². The lowest BCUT2D eigenvalue weighted by Crippen LogP contribution is -2.35. The van der Waals surface area contributed by atoms with Crippen molar-refractivity contribution in [2.45, 2.75) is 12.8 Å². The van der Waals surface area contributed by atoms with E-state index in [0.717, 1.165) is 63.5 Å². The van der Waals surface area contributed by atoms with E-state index in [1.165, 1.54) is 0 Å². The van der Waals surface area contributed by atoms with Crippen molar-refractivity contribution < 1.29 is 9.53 Å². The second kappa shape index (κ2) is 9.23. The molecule has 132 valence electrons. The molecule has 0 aliphatic carbocycles. The molecule has 0 spiro atoms. The van der Waals surface area contributed by atoms with Crippen molar-refractivity contribution in [2.24, 2.45) is 0 Å². The molecule has 0 bridgehead atoms. The van der Waals surface area contributed by atoms with Gasteiger partial charge in [0.25, 0.3) is 5.91 Å². The predicted octanol–water partition coefficient (Wildman–Crippen LogP) is 3.30. The average molecular weight is 338 g/mol. The maximum atomic E-state index is 12.6. The number of nitrogens with zero attached hydrogens (tertiary/aromatic N) is 2. The first-order chi connectivity index (χ1) is 12.3. The molecule has 1 fully saturated rings. The van der Waals surface area contributed by atoms with Crippen molar-refractivity contribution in [3.63, 3.8) is 0 Å². The van der Waals surface area contributed by atoms with Crippen molar-refractivity contribution >= 4 is 5.91 Å². The quantitative estimate of drug-likeness (QED) is 0.758. The summed E-state index contributed by atoms with van der Waals surface area (Å²) >= 11 is 0. The summed E-state index contributed by atoms with van der Waals surface area (Å²) in [7, 11) is 0. The molecular weight excluding hydrogens is 312 g/mol. The van der Waals surface area contributed by atoms with Gasteiger partial charge in [-0.3, -0.25) is 4.79 Å². The van der Waals surface area contributed by atoms with Gasteiger partial charge in [0.05, 0.1) is 6.61 Å². The zero-order chi connectivity index (χ0) is 17.3. The molecule has 4 heteroatoms. The number of carbonyl (C=O) groups excluding carboxylic acids is 1. The third-order valence-corrected chi connectivity index (χ3v) is 4.53. The minimum absolute atomic E-state index is 0.148. The fourth-order valence-electron chi connectivity index (χ4n) is 3.16. The topological polar surface area (TPSA) is 32.8 Å². The average Bonchev–Trinajstić information content (AvgIpc) is 2.92. The number of para-hydroxylation sites is 1. The van der Waals surface area contributed by atoms with Crippen molar-refractivity contribution in [3.8, 4) is 5.75 Å². The van der Waals surface area contributed by atoms with E-state index in [1.807, 2.05) is 65.6 Å². The highest BCUT2D eigenvalue weighted by molar-refractivity contribution is 5.94. The van der Waals surface area contributed by atoms with Crippen LogP contribution in [0.3, 0.4) is 0 Å². The van der Waals surface area contributed by atoms with Gasteiger partial charge in [-0.05, 0) is 43.7 Å². The minimum Gasteiger partial charge on any atom is -0.494 e. The Labute approximate surface area is 150 Å². The molecule has 1 aliphatic heterocycles. The highest BCUT2D eigenvalue weighted by atomic mass is 16.5. The van der Waals surface area contributed by atoms with Gasteiger partial charge in [-0.15, -0.1) is 0 Å². The van der Waals surface area contributed by atoms with E-state index in [4.69, 9.17) is 4.74 Å². The predicted molar refractivity (Wildman–Crippen MR) is 100.0 cm³/mol.